The minimum Gasteiger partial charge on any atom is -0.383 e. The number of hydrogen-bond acceptors (Lipinski definition) is 5. The van der Waals surface area contributed by atoms with Crippen LogP contribution < -0.4 is 10.6 Å². The minimum absolute atomic E-state index is 0.290. The first-order chi connectivity index (χ1) is 8.61. The standard InChI is InChI=1S/C13H23N3O2/c1-9(7-16(2)18)5-11-12(8-17)13(11)15-10-3-4-14-6-10/h8-11,14-15,18H,3-7H2,1-2H3/t9-,10+,11+/m0/s1. The van der Waals surface area contributed by atoms with Crippen molar-refractivity contribution in [3.05, 3.63) is 11.3 Å². The van der Waals surface area contributed by atoms with Crippen LogP contribution in [0.25, 0.3) is 0 Å². The topological polar surface area (TPSA) is 64.6 Å². The Morgan fingerprint density at radius 1 is 1.67 bits per heavy atom. The van der Waals surface area contributed by atoms with Crippen LogP contribution in [0.4, 0.5) is 0 Å². The van der Waals surface area contributed by atoms with Gasteiger partial charge in [0.25, 0.3) is 0 Å². The first kappa shape index (κ1) is 13.5. The lowest BCUT2D eigenvalue weighted by atomic mass is 10.0. The van der Waals surface area contributed by atoms with Crippen LogP contribution in [-0.2, 0) is 4.79 Å². The molecule has 1 aliphatic heterocycles. The van der Waals surface area contributed by atoms with Crippen molar-refractivity contribution in [1.29, 1.82) is 0 Å². The molecule has 1 aliphatic carbocycles. The third-order valence-corrected chi connectivity index (χ3v) is 3.71. The molecule has 3 atom stereocenters. The Kier molecular flexibility index (Phi) is 4.37. The van der Waals surface area contributed by atoms with Crippen molar-refractivity contribution in [3.63, 3.8) is 0 Å². The molecule has 1 heterocycles. The average Bonchev–Trinajstić information content (AvgIpc) is 2.73. The molecule has 5 nitrogen and oxygen atoms in total. The maximum absolute atomic E-state index is 11.0. The van der Waals surface area contributed by atoms with Gasteiger partial charge in [-0.3, -0.25) is 4.79 Å². The monoisotopic (exact) mass is 253 g/mol. The maximum atomic E-state index is 11.0. The maximum Gasteiger partial charge on any atom is 0.148 e. The number of nitrogens with zero attached hydrogens (tertiary/aromatic N) is 1. The van der Waals surface area contributed by atoms with Crippen molar-refractivity contribution < 1.29 is 10.0 Å². The number of aldehydes is 1. The van der Waals surface area contributed by atoms with Crippen LogP contribution in [0.5, 0.6) is 0 Å². The summed E-state index contributed by atoms with van der Waals surface area (Å²) in [5, 5.41) is 17.2. The van der Waals surface area contributed by atoms with E-state index in [0.29, 0.717) is 18.5 Å². The molecular formula is C13H23N3O2. The third kappa shape index (κ3) is 3.31. The van der Waals surface area contributed by atoms with Gasteiger partial charge in [-0.1, -0.05) is 6.92 Å². The number of carbonyl (C=O) groups is 1. The Hall–Kier alpha value is -0.910. The zero-order valence-corrected chi connectivity index (χ0v) is 11.1. The van der Waals surface area contributed by atoms with E-state index in [2.05, 4.69) is 17.6 Å². The van der Waals surface area contributed by atoms with Gasteiger partial charge in [0.2, 0.25) is 0 Å². The molecule has 5 heteroatoms. The predicted octanol–water partition coefficient (Wildman–Crippen LogP) is 0.368. The normalized spacial score (nSPS) is 28.7. The van der Waals surface area contributed by atoms with Crippen molar-refractivity contribution in [2.45, 2.75) is 25.8 Å². The van der Waals surface area contributed by atoms with E-state index in [9.17, 15) is 10.0 Å². The summed E-state index contributed by atoms with van der Waals surface area (Å²) < 4.78 is 0. The Labute approximate surface area is 108 Å². The molecule has 102 valence electrons. The van der Waals surface area contributed by atoms with Crippen LogP contribution in [0.2, 0.25) is 0 Å². The molecule has 1 fully saturated rings. The second kappa shape index (κ2) is 5.82. The fourth-order valence-electron chi connectivity index (χ4n) is 2.79. The van der Waals surface area contributed by atoms with E-state index < -0.39 is 0 Å². The van der Waals surface area contributed by atoms with E-state index >= 15 is 0 Å². The molecule has 0 aromatic rings. The van der Waals surface area contributed by atoms with Gasteiger partial charge in [-0.05, 0) is 25.3 Å². The molecule has 3 N–H and O–H groups in total. The molecule has 0 bridgehead atoms. The molecule has 2 rings (SSSR count). The van der Waals surface area contributed by atoms with Crippen molar-refractivity contribution in [2.24, 2.45) is 11.8 Å². The highest BCUT2D eigenvalue weighted by Crippen LogP contribution is 2.41. The first-order valence-corrected chi connectivity index (χ1v) is 6.68. The van der Waals surface area contributed by atoms with Crippen molar-refractivity contribution in [1.82, 2.24) is 15.7 Å². The molecule has 0 unspecified atom stereocenters. The number of hydrogen-bond donors (Lipinski definition) is 3. The number of nitrogens with one attached hydrogen (secondary N) is 2. The highest BCUT2D eigenvalue weighted by Gasteiger charge is 2.38. The van der Waals surface area contributed by atoms with Crippen LogP contribution in [0.1, 0.15) is 19.8 Å². The molecule has 0 saturated carbocycles. The molecular weight excluding hydrogens is 230 g/mol. The highest BCUT2D eigenvalue weighted by atomic mass is 16.5. The van der Waals surface area contributed by atoms with Crippen LogP contribution in [0.15, 0.2) is 11.3 Å². The Morgan fingerprint density at radius 3 is 3.00 bits per heavy atom. The van der Waals surface area contributed by atoms with Crippen molar-refractivity contribution in [3.8, 4) is 0 Å². The van der Waals surface area contributed by atoms with Crippen LogP contribution in [0.3, 0.4) is 0 Å². The highest BCUT2D eigenvalue weighted by molar-refractivity contribution is 5.83. The summed E-state index contributed by atoms with van der Waals surface area (Å²) in [6, 6.07) is 0.468. The zero-order valence-electron chi connectivity index (χ0n) is 11.1. The molecule has 0 amide bonds. The summed E-state index contributed by atoms with van der Waals surface area (Å²) in [6.07, 6.45) is 3.03. The molecule has 0 spiro atoms. The Bertz CT molecular complexity index is 335. The van der Waals surface area contributed by atoms with Gasteiger partial charge in [-0.25, -0.2) is 0 Å². The van der Waals surface area contributed by atoms with Gasteiger partial charge in [-0.2, -0.15) is 5.06 Å². The van der Waals surface area contributed by atoms with Gasteiger partial charge < -0.3 is 15.8 Å². The van der Waals surface area contributed by atoms with Gasteiger partial charge in [0, 0.05) is 43.4 Å². The van der Waals surface area contributed by atoms with Crippen molar-refractivity contribution in [2.75, 3.05) is 26.7 Å². The lowest BCUT2D eigenvalue weighted by Gasteiger charge is -2.16. The van der Waals surface area contributed by atoms with E-state index in [-0.39, 0.29) is 5.92 Å². The lowest BCUT2D eigenvalue weighted by Crippen LogP contribution is -2.29. The van der Waals surface area contributed by atoms with Gasteiger partial charge in [0.1, 0.15) is 6.29 Å². The fourth-order valence-corrected chi connectivity index (χ4v) is 2.79. The van der Waals surface area contributed by atoms with E-state index in [1.54, 1.807) is 7.05 Å². The molecule has 0 radical (unpaired) electrons. The van der Waals surface area contributed by atoms with E-state index in [0.717, 1.165) is 43.5 Å². The largest absolute Gasteiger partial charge is 0.383 e. The third-order valence-electron chi connectivity index (χ3n) is 3.71. The summed E-state index contributed by atoms with van der Waals surface area (Å²) in [5.74, 6) is 0.666. The quantitative estimate of drug-likeness (QED) is 0.452. The van der Waals surface area contributed by atoms with Crippen LogP contribution in [0, 0.1) is 11.8 Å². The summed E-state index contributed by atoms with van der Waals surface area (Å²) in [5.41, 5.74) is 2.06. The second-order valence-electron chi connectivity index (χ2n) is 5.55. The second-order valence-corrected chi connectivity index (χ2v) is 5.55. The van der Waals surface area contributed by atoms with Gasteiger partial charge in [0.05, 0.1) is 0 Å². The fraction of sp³-hybridized carbons (Fsp3) is 0.769. The number of hydroxylamine groups is 2. The minimum atomic E-state index is 0.290. The number of carbonyl (C=O) groups excluding carboxylic acids is 1. The molecule has 18 heavy (non-hydrogen) atoms. The summed E-state index contributed by atoms with van der Waals surface area (Å²) in [7, 11) is 1.65. The SMILES string of the molecule is C[C@@H](C[C@@H]1C(C=O)=C1N[C@@H]1CCNC1)CN(C)O. The number of rotatable bonds is 7. The molecule has 2 aliphatic rings. The first-order valence-electron chi connectivity index (χ1n) is 6.68. The molecule has 1 saturated heterocycles. The molecule has 0 aromatic heterocycles. The molecule has 0 aromatic carbocycles. The van der Waals surface area contributed by atoms with Crippen LogP contribution >= 0.6 is 0 Å². The van der Waals surface area contributed by atoms with Gasteiger partial charge in [0.15, 0.2) is 0 Å². The Morgan fingerprint density at radius 2 is 2.44 bits per heavy atom. The van der Waals surface area contributed by atoms with Gasteiger partial charge in [-0.15, -0.1) is 0 Å². The van der Waals surface area contributed by atoms with E-state index in [1.807, 2.05) is 0 Å². The summed E-state index contributed by atoms with van der Waals surface area (Å²) in [4.78, 5) is 11.0. The summed E-state index contributed by atoms with van der Waals surface area (Å²) >= 11 is 0. The number of allylic oxidation sites excluding steroid dienone is 2. The Balaban J connectivity index is 1.79. The van der Waals surface area contributed by atoms with Gasteiger partial charge >= 0.3 is 0 Å². The zero-order chi connectivity index (χ0) is 13.1. The summed E-state index contributed by atoms with van der Waals surface area (Å²) in [6.45, 7) is 4.78. The predicted molar refractivity (Wildman–Crippen MR) is 69.2 cm³/mol. The van der Waals surface area contributed by atoms with E-state index in [4.69, 9.17) is 0 Å². The lowest BCUT2D eigenvalue weighted by molar-refractivity contribution is -0.104. The average molecular weight is 253 g/mol. The smallest absolute Gasteiger partial charge is 0.148 e. The van der Waals surface area contributed by atoms with E-state index in [1.165, 1.54) is 5.06 Å². The van der Waals surface area contributed by atoms with Crippen LogP contribution in [-0.4, -0.2) is 49.3 Å². The van der Waals surface area contributed by atoms with Crippen molar-refractivity contribution >= 4 is 6.29 Å².